The summed E-state index contributed by atoms with van der Waals surface area (Å²) < 4.78 is 5.99. The monoisotopic (exact) mass is 369 g/mol. The molecule has 4 aromatic rings. The Labute approximate surface area is 160 Å². The molecule has 1 unspecified atom stereocenters. The first-order valence-electron chi connectivity index (χ1n) is 8.88. The van der Waals surface area contributed by atoms with Gasteiger partial charge in [0, 0.05) is 10.9 Å². The number of phenolic OH excluding ortho intramolecular Hbond substituents is 1. The van der Waals surface area contributed by atoms with Crippen LogP contribution in [0, 0.1) is 0 Å². The van der Waals surface area contributed by atoms with E-state index in [1.54, 1.807) is 48.5 Å². The van der Waals surface area contributed by atoms with Gasteiger partial charge in [0.1, 0.15) is 23.1 Å². The van der Waals surface area contributed by atoms with Crippen molar-refractivity contribution in [3.8, 4) is 5.75 Å². The first-order valence-corrected chi connectivity index (χ1v) is 8.88. The number of amides is 2. The molecule has 0 aliphatic carbocycles. The van der Waals surface area contributed by atoms with Crippen LogP contribution >= 0.6 is 0 Å². The Kier molecular flexibility index (Phi) is 3.55. The topological polar surface area (TPSA) is 70.8 Å². The normalized spacial score (nSPS) is 14.5. The lowest BCUT2D eigenvalue weighted by molar-refractivity contribution is 0.0593. The minimum absolute atomic E-state index is 0.00971. The van der Waals surface area contributed by atoms with Crippen molar-refractivity contribution < 1.29 is 19.1 Å². The van der Waals surface area contributed by atoms with Crippen molar-refractivity contribution in [2.45, 2.75) is 6.04 Å². The molecule has 1 aromatic heterocycles. The minimum Gasteiger partial charge on any atom is -0.508 e. The average Bonchev–Trinajstić information content (AvgIpc) is 3.25. The fourth-order valence-electron chi connectivity index (χ4n) is 3.72. The van der Waals surface area contributed by atoms with Crippen LogP contribution in [0.1, 0.15) is 38.1 Å². The van der Waals surface area contributed by atoms with Gasteiger partial charge >= 0.3 is 0 Å². The van der Waals surface area contributed by atoms with Gasteiger partial charge in [-0.2, -0.15) is 0 Å². The van der Waals surface area contributed by atoms with Gasteiger partial charge in [0.15, 0.2) is 0 Å². The zero-order valence-corrected chi connectivity index (χ0v) is 14.7. The maximum absolute atomic E-state index is 13.1. The highest BCUT2D eigenvalue weighted by Gasteiger charge is 2.43. The molecule has 5 rings (SSSR count). The number of benzene rings is 3. The smallest absolute Gasteiger partial charge is 0.262 e. The molecule has 0 saturated heterocycles. The Balaban J connectivity index is 1.73. The first-order chi connectivity index (χ1) is 13.6. The summed E-state index contributed by atoms with van der Waals surface area (Å²) >= 11 is 0. The van der Waals surface area contributed by atoms with E-state index in [4.69, 9.17) is 4.42 Å². The molecule has 3 aromatic carbocycles. The van der Waals surface area contributed by atoms with Crippen molar-refractivity contribution in [2.24, 2.45) is 0 Å². The number of hydrogen-bond donors (Lipinski definition) is 1. The number of imide groups is 1. The maximum atomic E-state index is 13.1. The second kappa shape index (κ2) is 6.09. The van der Waals surface area contributed by atoms with E-state index in [2.05, 4.69) is 0 Å². The molecule has 0 fully saturated rings. The molecule has 0 bridgehead atoms. The number of fused-ring (bicyclic) bond motifs is 2. The number of hydrogen-bond acceptors (Lipinski definition) is 4. The molecular weight excluding hydrogens is 354 g/mol. The summed E-state index contributed by atoms with van der Waals surface area (Å²) in [6.45, 7) is 0. The maximum Gasteiger partial charge on any atom is 0.262 e. The van der Waals surface area contributed by atoms with Gasteiger partial charge in [0.2, 0.25) is 0 Å². The number of carbonyl (C=O) groups excluding carboxylic acids is 2. The van der Waals surface area contributed by atoms with Crippen LogP contribution < -0.4 is 0 Å². The number of aromatic hydroxyl groups is 1. The van der Waals surface area contributed by atoms with E-state index in [1.807, 2.05) is 24.3 Å². The molecule has 5 nitrogen and oxygen atoms in total. The van der Waals surface area contributed by atoms with Crippen LogP contribution in [0.3, 0.4) is 0 Å². The molecule has 5 heteroatoms. The number of furan rings is 1. The van der Waals surface area contributed by atoms with Crippen molar-refractivity contribution >= 4 is 22.8 Å². The van der Waals surface area contributed by atoms with Gasteiger partial charge in [-0.1, -0.05) is 48.5 Å². The average molecular weight is 369 g/mol. The van der Waals surface area contributed by atoms with Crippen LogP contribution in [0.25, 0.3) is 11.0 Å². The van der Waals surface area contributed by atoms with E-state index in [9.17, 15) is 14.7 Å². The lowest BCUT2D eigenvalue weighted by atomic mass is 10.0. The van der Waals surface area contributed by atoms with Crippen LogP contribution in [-0.2, 0) is 0 Å². The Hall–Kier alpha value is -3.86. The minimum atomic E-state index is -0.874. The fraction of sp³-hybridized carbons (Fsp3) is 0.0435. The van der Waals surface area contributed by atoms with E-state index < -0.39 is 17.9 Å². The van der Waals surface area contributed by atoms with Crippen LogP contribution in [0.5, 0.6) is 5.75 Å². The molecule has 0 radical (unpaired) electrons. The molecule has 0 saturated carbocycles. The Bertz CT molecular complexity index is 1170. The summed E-state index contributed by atoms with van der Waals surface area (Å²) in [5.41, 5.74) is 1.78. The van der Waals surface area contributed by atoms with E-state index in [1.165, 1.54) is 6.07 Å². The summed E-state index contributed by atoms with van der Waals surface area (Å²) in [7, 11) is 0. The van der Waals surface area contributed by atoms with E-state index in [0.29, 0.717) is 28.0 Å². The number of nitrogens with zero attached hydrogens (tertiary/aromatic N) is 1. The van der Waals surface area contributed by atoms with Crippen molar-refractivity contribution in [1.29, 1.82) is 0 Å². The van der Waals surface area contributed by atoms with Crippen molar-refractivity contribution in [3.63, 3.8) is 0 Å². The van der Waals surface area contributed by atoms with Gasteiger partial charge in [-0.15, -0.1) is 0 Å². The second-order valence-corrected chi connectivity index (χ2v) is 6.67. The number of phenols is 1. The van der Waals surface area contributed by atoms with Crippen LogP contribution in [-0.4, -0.2) is 21.8 Å². The zero-order valence-electron chi connectivity index (χ0n) is 14.7. The molecule has 28 heavy (non-hydrogen) atoms. The van der Waals surface area contributed by atoms with Crippen molar-refractivity contribution in [1.82, 2.24) is 4.90 Å². The molecule has 1 aliphatic rings. The summed E-state index contributed by atoms with van der Waals surface area (Å²) in [4.78, 5) is 27.4. The highest BCUT2D eigenvalue weighted by molar-refractivity contribution is 6.21. The molecule has 1 atom stereocenters. The van der Waals surface area contributed by atoms with E-state index in [0.717, 1.165) is 10.3 Å². The van der Waals surface area contributed by atoms with Gasteiger partial charge < -0.3 is 9.52 Å². The van der Waals surface area contributed by atoms with Gasteiger partial charge in [-0.3, -0.25) is 14.5 Å². The van der Waals surface area contributed by atoms with Gasteiger partial charge in [-0.05, 0) is 30.3 Å². The summed E-state index contributed by atoms with van der Waals surface area (Å²) in [6.07, 6.45) is 0. The van der Waals surface area contributed by atoms with Crippen molar-refractivity contribution in [2.75, 3.05) is 0 Å². The number of rotatable bonds is 3. The molecule has 0 spiro atoms. The molecule has 1 aliphatic heterocycles. The lowest BCUT2D eigenvalue weighted by Gasteiger charge is -2.25. The SMILES string of the molecule is O=C1c2ccccc2C(=O)N1C(c1cc2ccccc2o1)c1ccccc1O. The third kappa shape index (κ3) is 2.33. The predicted octanol–water partition coefficient (Wildman–Crippen LogP) is 4.52. The number of carbonyl (C=O) groups is 2. The Morgan fingerprint density at radius 1 is 0.786 bits per heavy atom. The molecule has 136 valence electrons. The van der Waals surface area contributed by atoms with E-state index in [-0.39, 0.29) is 5.75 Å². The van der Waals surface area contributed by atoms with Gasteiger partial charge in [0.25, 0.3) is 11.8 Å². The zero-order chi connectivity index (χ0) is 19.3. The van der Waals surface area contributed by atoms with Crippen molar-refractivity contribution in [3.05, 3.63) is 101 Å². The number of para-hydroxylation sites is 2. The third-order valence-corrected chi connectivity index (χ3v) is 5.03. The molecule has 2 amide bonds. The largest absolute Gasteiger partial charge is 0.508 e. The first kappa shape index (κ1) is 16.3. The molecule has 1 N–H and O–H groups in total. The van der Waals surface area contributed by atoms with Crippen LogP contribution in [0.4, 0.5) is 0 Å². The van der Waals surface area contributed by atoms with Crippen LogP contribution in [0.15, 0.2) is 83.3 Å². The fourth-order valence-corrected chi connectivity index (χ4v) is 3.72. The van der Waals surface area contributed by atoms with Gasteiger partial charge in [0.05, 0.1) is 11.1 Å². The standard InChI is InChI=1S/C23H15NO4/c25-18-11-5-4-10-17(18)21(20-13-14-7-1-6-12-19(14)28-20)24-22(26)15-8-2-3-9-16(15)23(24)27/h1-13,21,25H. The summed E-state index contributed by atoms with van der Waals surface area (Å²) in [6, 6.07) is 21.8. The van der Waals surface area contributed by atoms with E-state index >= 15 is 0 Å². The quantitative estimate of drug-likeness (QED) is 0.539. The Morgan fingerprint density at radius 3 is 2.07 bits per heavy atom. The highest BCUT2D eigenvalue weighted by atomic mass is 16.3. The molecular formula is C23H15NO4. The van der Waals surface area contributed by atoms with Crippen LogP contribution in [0.2, 0.25) is 0 Å². The third-order valence-electron chi connectivity index (χ3n) is 5.03. The van der Waals surface area contributed by atoms with Gasteiger partial charge in [-0.25, -0.2) is 0 Å². The highest BCUT2D eigenvalue weighted by Crippen LogP contribution is 2.40. The summed E-state index contributed by atoms with van der Waals surface area (Å²) in [5.74, 6) is -0.412. The predicted molar refractivity (Wildman–Crippen MR) is 103 cm³/mol. The Morgan fingerprint density at radius 2 is 1.39 bits per heavy atom. The molecule has 2 heterocycles. The summed E-state index contributed by atoms with van der Waals surface area (Å²) in [5, 5.41) is 11.3. The second-order valence-electron chi connectivity index (χ2n) is 6.67. The lowest BCUT2D eigenvalue weighted by Crippen LogP contribution is -2.34.